The predicted octanol–water partition coefficient (Wildman–Crippen LogP) is 4.70. The topological polar surface area (TPSA) is 88.3 Å². The molecule has 0 unspecified atom stereocenters. The standard InChI is InChI=1S/C27H24N4O3/c1-18-7-9-19(10-8-18)16-31-17-22(15-24(31)32)26(33)28-23-13-11-21(12-14-23)27-29-25(30-34-27)20-5-3-2-4-6-20/h2-14,22H,15-17H2,1H3,(H,28,33)/t22-/m0/s1. The van der Waals surface area contributed by atoms with Crippen LogP contribution in [0.2, 0.25) is 0 Å². The Labute approximate surface area is 197 Å². The quantitative estimate of drug-likeness (QED) is 0.458. The Morgan fingerprint density at radius 1 is 1.00 bits per heavy atom. The van der Waals surface area contributed by atoms with Gasteiger partial charge in [-0.2, -0.15) is 4.98 Å². The second-order valence-corrected chi connectivity index (χ2v) is 8.52. The minimum atomic E-state index is -0.373. The summed E-state index contributed by atoms with van der Waals surface area (Å²) >= 11 is 0. The number of anilines is 1. The van der Waals surface area contributed by atoms with Crippen LogP contribution in [0.5, 0.6) is 0 Å². The summed E-state index contributed by atoms with van der Waals surface area (Å²) in [6.45, 7) is 2.97. The Balaban J connectivity index is 1.20. The van der Waals surface area contributed by atoms with Crippen molar-refractivity contribution in [3.63, 3.8) is 0 Å². The Morgan fingerprint density at radius 3 is 2.47 bits per heavy atom. The number of carbonyl (C=O) groups excluding carboxylic acids is 2. The van der Waals surface area contributed by atoms with Crippen LogP contribution in [0.1, 0.15) is 17.5 Å². The molecule has 1 aliphatic heterocycles. The highest BCUT2D eigenvalue weighted by Crippen LogP contribution is 2.25. The second-order valence-electron chi connectivity index (χ2n) is 8.52. The van der Waals surface area contributed by atoms with E-state index in [4.69, 9.17) is 4.52 Å². The molecule has 0 radical (unpaired) electrons. The summed E-state index contributed by atoms with van der Waals surface area (Å²) in [4.78, 5) is 31.4. The third kappa shape index (κ3) is 4.73. The summed E-state index contributed by atoms with van der Waals surface area (Å²) < 4.78 is 5.39. The van der Waals surface area contributed by atoms with E-state index in [9.17, 15) is 9.59 Å². The molecule has 1 fully saturated rings. The lowest BCUT2D eigenvalue weighted by molar-refractivity contribution is -0.128. The molecule has 7 nitrogen and oxygen atoms in total. The number of amides is 2. The molecular formula is C27H24N4O3. The van der Waals surface area contributed by atoms with Crippen LogP contribution in [-0.2, 0) is 16.1 Å². The fraction of sp³-hybridized carbons (Fsp3) is 0.185. The second kappa shape index (κ2) is 9.31. The molecule has 34 heavy (non-hydrogen) atoms. The number of carbonyl (C=O) groups is 2. The highest BCUT2D eigenvalue weighted by molar-refractivity contribution is 5.97. The third-order valence-corrected chi connectivity index (χ3v) is 5.94. The lowest BCUT2D eigenvalue weighted by Gasteiger charge is -2.17. The monoisotopic (exact) mass is 452 g/mol. The molecule has 0 spiro atoms. The number of hydrogen-bond donors (Lipinski definition) is 1. The fourth-order valence-electron chi connectivity index (χ4n) is 4.00. The number of nitrogens with one attached hydrogen (secondary N) is 1. The van der Waals surface area contributed by atoms with Crippen molar-refractivity contribution >= 4 is 17.5 Å². The Kier molecular flexibility index (Phi) is 5.91. The summed E-state index contributed by atoms with van der Waals surface area (Å²) in [6, 6.07) is 24.9. The van der Waals surface area contributed by atoms with Gasteiger partial charge in [0.05, 0.1) is 5.92 Å². The average Bonchev–Trinajstić information content (AvgIpc) is 3.49. The van der Waals surface area contributed by atoms with E-state index in [1.807, 2.05) is 73.7 Å². The van der Waals surface area contributed by atoms with Gasteiger partial charge in [-0.1, -0.05) is 65.3 Å². The van der Waals surface area contributed by atoms with E-state index >= 15 is 0 Å². The van der Waals surface area contributed by atoms with Gasteiger partial charge in [-0.3, -0.25) is 9.59 Å². The van der Waals surface area contributed by atoms with Crippen molar-refractivity contribution in [3.8, 4) is 22.8 Å². The molecule has 1 aromatic heterocycles. The van der Waals surface area contributed by atoms with E-state index in [0.717, 1.165) is 16.7 Å². The van der Waals surface area contributed by atoms with Gasteiger partial charge in [-0.25, -0.2) is 0 Å². The van der Waals surface area contributed by atoms with Gasteiger partial charge in [-0.15, -0.1) is 0 Å². The Bertz CT molecular complexity index is 1300. The number of rotatable bonds is 6. The van der Waals surface area contributed by atoms with E-state index in [1.165, 1.54) is 5.56 Å². The molecule has 1 atom stereocenters. The Hall–Kier alpha value is -4.26. The van der Waals surface area contributed by atoms with Crippen molar-refractivity contribution in [1.29, 1.82) is 0 Å². The van der Waals surface area contributed by atoms with Crippen LogP contribution in [0.3, 0.4) is 0 Å². The number of likely N-dealkylation sites (tertiary alicyclic amines) is 1. The third-order valence-electron chi connectivity index (χ3n) is 5.94. The molecule has 1 aliphatic rings. The lowest BCUT2D eigenvalue weighted by Crippen LogP contribution is -2.28. The zero-order chi connectivity index (χ0) is 23.5. The molecule has 0 saturated carbocycles. The highest BCUT2D eigenvalue weighted by atomic mass is 16.5. The van der Waals surface area contributed by atoms with Gasteiger partial charge < -0.3 is 14.7 Å². The van der Waals surface area contributed by atoms with Crippen molar-refractivity contribution in [1.82, 2.24) is 15.0 Å². The molecule has 5 rings (SSSR count). The van der Waals surface area contributed by atoms with Gasteiger partial charge in [0.2, 0.25) is 17.6 Å². The van der Waals surface area contributed by atoms with Crippen molar-refractivity contribution in [2.45, 2.75) is 19.9 Å². The zero-order valence-corrected chi connectivity index (χ0v) is 18.8. The maximum Gasteiger partial charge on any atom is 0.258 e. The summed E-state index contributed by atoms with van der Waals surface area (Å²) in [7, 11) is 0. The van der Waals surface area contributed by atoms with Crippen molar-refractivity contribution in [2.24, 2.45) is 5.92 Å². The molecule has 7 heteroatoms. The molecule has 0 aliphatic carbocycles. The molecule has 3 aromatic carbocycles. The molecular weight excluding hydrogens is 428 g/mol. The largest absolute Gasteiger partial charge is 0.338 e. The van der Waals surface area contributed by atoms with Crippen LogP contribution in [0, 0.1) is 12.8 Å². The minimum absolute atomic E-state index is 0.00156. The predicted molar refractivity (Wildman–Crippen MR) is 129 cm³/mol. The van der Waals surface area contributed by atoms with Crippen molar-refractivity contribution in [3.05, 3.63) is 90.0 Å². The molecule has 4 aromatic rings. The molecule has 2 heterocycles. The van der Waals surface area contributed by atoms with Crippen LogP contribution >= 0.6 is 0 Å². The van der Waals surface area contributed by atoms with Gasteiger partial charge >= 0.3 is 0 Å². The lowest BCUT2D eigenvalue weighted by atomic mass is 10.1. The van der Waals surface area contributed by atoms with Gasteiger partial charge in [0.1, 0.15) is 0 Å². The van der Waals surface area contributed by atoms with Crippen LogP contribution in [0.15, 0.2) is 83.4 Å². The van der Waals surface area contributed by atoms with E-state index in [0.29, 0.717) is 30.5 Å². The van der Waals surface area contributed by atoms with Gasteiger partial charge in [0.25, 0.3) is 5.89 Å². The number of nitrogens with zero attached hydrogens (tertiary/aromatic N) is 3. The van der Waals surface area contributed by atoms with E-state index in [-0.39, 0.29) is 24.2 Å². The first kappa shape index (κ1) is 21.6. The number of benzene rings is 3. The maximum absolute atomic E-state index is 12.8. The molecule has 1 saturated heterocycles. The summed E-state index contributed by atoms with van der Waals surface area (Å²) in [5, 5.41) is 6.96. The molecule has 170 valence electrons. The highest BCUT2D eigenvalue weighted by Gasteiger charge is 2.34. The first-order chi connectivity index (χ1) is 16.5. The van der Waals surface area contributed by atoms with Crippen LogP contribution in [-0.4, -0.2) is 33.4 Å². The van der Waals surface area contributed by atoms with Gasteiger partial charge in [0.15, 0.2) is 0 Å². The molecule has 0 bridgehead atoms. The van der Waals surface area contributed by atoms with E-state index < -0.39 is 0 Å². The van der Waals surface area contributed by atoms with Crippen LogP contribution in [0.4, 0.5) is 5.69 Å². The summed E-state index contributed by atoms with van der Waals surface area (Å²) in [5.41, 5.74) is 4.53. The first-order valence-corrected chi connectivity index (χ1v) is 11.2. The zero-order valence-electron chi connectivity index (χ0n) is 18.8. The van der Waals surface area contributed by atoms with Gasteiger partial charge in [0, 0.05) is 36.3 Å². The van der Waals surface area contributed by atoms with Crippen molar-refractivity contribution in [2.75, 3.05) is 11.9 Å². The van der Waals surface area contributed by atoms with Crippen molar-refractivity contribution < 1.29 is 14.1 Å². The number of hydrogen-bond acceptors (Lipinski definition) is 5. The number of aryl methyl sites for hydroxylation is 1. The minimum Gasteiger partial charge on any atom is -0.338 e. The van der Waals surface area contributed by atoms with E-state index in [2.05, 4.69) is 15.5 Å². The average molecular weight is 453 g/mol. The maximum atomic E-state index is 12.8. The molecule has 1 N–H and O–H groups in total. The summed E-state index contributed by atoms with van der Waals surface area (Å²) in [5.74, 6) is 0.402. The normalized spacial score (nSPS) is 15.5. The summed E-state index contributed by atoms with van der Waals surface area (Å²) in [6.07, 6.45) is 0.222. The first-order valence-electron chi connectivity index (χ1n) is 11.2. The molecule has 2 amide bonds. The fourth-order valence-corrected chi connectivity index (χ4v) is 4.00. The number of aromatic nitrogens is 2. The van der Waals surface area contributed by atoms with Gasteiger partial charge in [-0.05, 0) is 36.8 Å². The smallest absolute Gasteiger partial charge is 0.258 e. The Morgan fingerprint density at radius 2 is 1.74 bits per heavy atom. The SMILES string of the molecule is Cc1ccc(CN2C[C@@H](C(=O)Nc3ccc(-c4nc(-c5ccccc5)no4)cc3)CC2=O)cc1. The van der Waals surface area contributed by atoms with E-state index in [1.54, 1.807) is 17.0 Å². The van der Waals surface area contributed by atoms with Crippen LogP contribution < -0.4 is 5.32 Å². The van der Waals surface area contributed by atoms with Crippen LogP contribution in [0.25, 0.3) is 22.8 Å².